The minimum Gasteiger partial charge on any atom is -0.467 e. The van der Waals surface area contributed by atoms with Crippen LogP contribution < -0.4 is 5.32 Å². The fourth-order valence-corrected chi connectivity index (χ4v) is 3.11. The van der Waals surface area contributed by atoms with Crippen LogP contribution in [-0.2, 0) is 19.1 Å². The number of amides is 2. The molecule has 1 N–H and O–H groups in total. The van der Waals surface area contributed by atoms with Crippen LogP contribution >= 0.6 is 0 Å². The summed E-state index contributed by atoms with van der Waals surface area (Å²) in [4.78, 5) is 37.8. The summed E-state index contributed by atoms with van der Waals surface area (Å²) in [5.41, 5.74) is -0.619. The zero-order valence-corrected chi connectivity index (χ0v) is 13.5. The summed E-state index contributed by atoms with van der Waals surface area (Å²) in [6.45, 7) is 5.29. The predicted molar refractivity (Wildman–Crippen MR) is 78.1 cm³/mol. The molecule has 0 spiro atoms. The summed E-state index contributed by atoms with van der Waals surface area (Å²) in [6.07, 6.45) is 2.12. The van der Waals surface area contributed by atoms with Crippen LogP contribution in [0, 0.1) is 0 Å². The number of nitrogens with one attached hydrogen (secondary N) is 1. The van der Waals surface area contributed by atoms with E-state index in [2.05, 4.69) is 5.32 Å². The second-order valence-electron chi connectivity index (χ2n) is 6.79. The maximum absolute atomic E-state index is 12.6. The van der Waals surface area contributed by atoms with Gasteiger partial charge in [0.25, 0.3) is 0 Å². The minimum atomic E-state index is -0.642. The number of carbonyl (C=O) groups excluding carboxylic acids is 3. The summed E-state index contributed by atoms with van der Waals surface area (Å²) in [5, 5.41) is 2.61. The summed E-state index contributed by atoms with van der Waals surface area (Å²) in [6, 6.07) is -1.12. The fraction of sp³-hybridized carbons (Fsp3) is 0.800. The first-order chi connectivity index (χ1) is 10.2. The Balaban J connectivity index is 2.03. The molecular weight excluding hydrogens is 288 g/mol. The van der Waals surface area contributed by atoms with Crippen LogP contribution in [0.5, 0.6) is 0 Å². The highest BCUT2D eigenvalue weighted by molar-refractivity contribution is 5.91. The zero-order chi connectivity index (χ0) is 16.5. The van der Waals surface area contributed by atoms with E-state index in [-0.39, 0.29) is 11.9 Å². The number of hydrogen-bond donors (Lipinski definition) is 1. The molecule has 3 atom stereocenters. The quantitative estimate of drug-likeness (QED) is 0.775. The van der Waals surface area contributed by atoms with Gasteiger partial charge in [-0.2, -0.15) is 0 Å². The first kappa shape index (κ1) is 16.6. The number of fused-ring (bicyclic) bond motifs is 1. The van der Waals surface area contributed by atoms with Crippen molar-refractivity contribution in [2.45, 2.75) is 70.2 Å². The van der Waals surface area contributed by atoms with Crippen molar-refractivity contribution in [2.75, 3.05) is 7.11 Å². The van der Waals surface area contributed by atoms with E-state index in [4.69, 9.17) is 9.47 Å². The van der Waals surface area contributed by atoms with Gasteiger partial charge in [0.2, 0.25) is 5.91 Å². The van der Waals surface area contributed by atoms with Gasteiger partial charge in [-0.15, -0.1) is 0 Å². The maximum atomic E-state index is 12.6. The van der Waals surface area contributed by atoms with Crippen molar-refractivity contribution in [1.29, 1.82) is 0 Å². The van der Waals surface area contributed by atoms with E-state index in [9.17, 15) is 14.4 Å². The second kappa shape index (κ2) is 6.14. The van der Waals surface area contributed by atoms with E-state index in [1.165, 1.54) is 7.11 Å². The van der Waals surface area contributed by atoms with Crippen molar-refractivity contribution in [2.24, 2.45) is 0 Å². The SMILES string of the molecule is COC(=O)[C@H]1CC[C@H]2CC[C@@H](NC(=O)OC(C)(C)C)C(=O)N21. The number of esters is 1. The van der Waals surface area contributed by atoms with Gasteiger partial charge in [0.1, 0.15) is 17.7 Å². The Hall–Kier alpha value is -1.79. The normalized spacial score (nSPS) is 28.1. The van der Waals surface area contributed by atoms with Gasteiger partial charge in [0.15, 0.2) is 0 Å². The van der Waals surface area contributed by atoms with Gasteiger partial charge in [-0.25, -0.2) is 9.59 Å². The highest BCUT2D eigenvalue weighted by Gasteiger charge is 2.47. The molecule has 0 aromatic heterocycles. The number of piperidine rings is 1. The Kier molecular flexibility index (Phi) is 4.63. The van der Waals surface area contributed by atoms with Crippen molar-refractivity contribution in [3.8, 4) is 0 Å². The van der Waals surface area contributed by atoms with Crippen LogP contribution in [0.25, 0.3) is 0 Å². The molecule has 124 valence electrons. The third kappa shape index (κ3) is 3.51. The van der Waals surface area contributed by atoms with Crippen molar-refractivity contribution < 1.29 is 23.9 Å². The summed E-state index contributed by atoms with van der Waals surface area (Å²) in [5.74, 6) is -0.622. The Morgan fingerprint density at radius 1 is 1.18 bits per heavy atom. The van der Waals surface area contributed by atoms with Crippen LogP contribution in [0.2, 0.25) is 0 Å². The van der Waals surface area contributed by atoms with E-state index >= 15 is 0 Å². The lowest BCUT2D eigenvalue weighted by Gasteiger charge is -2.37. The van der Waals surface area contributed by atoms with Crippen LogP contribution in [0.15, 0.2) is 0 Å². The molecule has 2 aliphatic rings. The molecule has 0 radical (unpaired) electrons. The summed E-state index contributed by atoms with van der Waals surface area (Å²) in [7, 11) is 1.32. The van der Waals surface area contributed by atoms with Gasteiger partial charge >= 0.3 is 12.1 Å². The van der Waals surface area contributed by atoms with Crippen molar-refractivity contribution in [1.82, 2.24) is 10.2 Å². The van der Waals surface area contributed by atoms with E-state index in [1.54, 1.807) is 25.7 Å². The Bertz CT molecular complexity index is 471. The smallest absolute Gasteiger partial charge is 0.408 e. The molecule has 2 amide bonds. The standard InChI is InChI=1S/C15H24N2O5/c1-15(2,3)22-14(20)16-10-7-5-9-6-8-11(13(19)21-4)17(9)12(10)18/h9-11H,5-8H2,1-4H3,(H,16,20)/t9-,10-,11-/m1/s1. The van der Waals surface area contributed by atoms with Crippen LogP contribution in [0.4, 0.5) is 4.79 Å². The minimum absolute atomic E-state index is 0.0632. The lowest BCUT2D eigenvalue weighted by molar-refractivity contribution is -0.154. The first-order valence-electron chi connectivity index (χ1n) is 7.62. The molecule has 2 saturated heterocycles. The molecule has 0 aromatic carbocycles. The van der Waals surface area contributed by atoms with E-state index in [1.807, 2.05) is 0 Å². The first-order valence-corrected chi connectivity index (χ1v) is 7.62. The van der Waals surface area contributed by atoms with Crippen LogP contribution in [0.1, 0.15) is 46.5 Å². The average Bonchev–Trinajstić information content (AvgIpc) is 2.83. The van der Waals surface area contributed by atoms with Gasteiger partial charge < -0.3 is 19.7 Å². The third-order valence-electron chi connectivity index (χ3n) is 4.01. The van der Waals surface area contributed by atoms with Crippen molar-refractivity contribution >= 4 is 18.0 Å². The molecule has 2 heterocycles. The van der Waals surface area contributed by atoms with Crippen LogP contribution in [-0.4, -0.2) is 53.7 Å². The van der Waals surface area contributed by atoms with Gasteiger partial charge in [0, 0.05) is 6.04 Å². The van der Waals surface area contributed by atoms with E-state index in [0.29, 0.717) is 12.8 Å². The molecule has 2 aliphatic heterocycles. The second-order valence-corrected chi connectivity index (χ2v) is 6.79. The monoisotopic (exact) mass is 312 g/mol. The predicted octanol–water partition coefficient (Wildman–Crippen LogP) is 1.21. The molecule has 22 heavy (non-hydrogen) atoms. The number of alkyl carbamates (subject to hydrolysis) is 1. The number of methoxy groups -OCH3 is 1. The van der Waals surface area contributed by atoms with E-state index in [0.717, 1.165) is 12.8 Å². The lowest BCUT2D eigenvalue weighted by Crippen LogP contribution is -2.58. The Labute approximate surface area is 130 Å². The van der Waals surface area contributed by atoms with E-state index < -0.39 is 29.7 Å². The number of rotatable bonds is 2. The molecule has 0 aromatic rings. The van der Waals surface area contributed by atoms with Gasteiger partial charge in [-0.05, 0) is 46.5 Å². The molecule has 0 bridgehead atoms. The van der Waals surface area contributed by atoms with Gasteiger partial charge in [0.05, 0.1) is 7.11 Å². The summed E-state index contributed by atoms with van der Waals surface area (Å²) >= 11 is 0. The highest BCUT2D eigenvalue weighted by atomic mass is 16.6. The number of nitrogens with zero attached hydrogens (tertiary/aromatic N) is 1. The maximum Gasteiger partial charge on any atom is 0.408 e. The lowest BCUT2D eigenvalue weighted by atomic mass is 9.98. The molecular formula is C15H24N2O5. The number of ether oxygens (including phenoxy) is 2. The average molecular weight is 312 g/mol. The van der Waals surface area contributed by atoms with Gasteiger partial charge in [-0.3, -0.25) is 4.79 Å². The molecule has 7 nitrogen and oxygen atoms in total. The third-order valence-corrected chi connectivity index (χ3v) is 4.01. The van der Waals surface area contributed by atoms with Crippen molar-refractivity contribution in [3.63, 3.8) is 0 Å². The number of hydrogen-bond acceptors (Lipinski definition) is 5. The molecule has 2 fully saturated rings. The Morgan fingerprint density at radius 2 is 1.82 bits per heavy atom. The molecule has 0 aliphatic carbocycles. The van der Waals surface area contributed by atoms with Crippen molar-refractivity contribution in [3.05, 3.63) is 0 Å². The topological polar surface area (TPSA) is 84.9 Å². The molecule has 2 rings (SSSR count). The molecule has 0 unspecified atom stereocenters. The molecule has 7 heteroatoms. The summed E-state index contributed by atoms with van der Waals surface area (Å²) < 4.78 is 9.95. The van der Waals surface area contributed by atoms with Crippen LogP contribution in [0.3, 0.4) is 0 Å². The fourth-order valence-electron chi connectivity index (χ4n) is 3.11. The Morgan fingerprint density at radius 3 is 2.41 bits per heavy atom. The highest BCUT2D eigenvalue weighted by Crippen LogP contribution is 2.33. The number of carbonyl (C=O) groups is 3. The largest absolute Gasteiger partial charge is 0.467 e. The molecule has 0 saturated carbocycles. The van der Waals surface area contributed by atoms with Gasteiger partial charge in [-0.1, -0.05) is 0 Å². The zero-order valence-electron chi connectivity index (χ0n) is 13.5.